The molecule has 0 fully saturated rings. The molecule has 31 heavy (non-hydrogen) atoms. The van der Waals surface area contributed by atoms with Gasteiger partial charge < -0.3 is 9.52 Å². The van der Waals surface area contributed by atoms with E-state index in [2.05, 4.69) is 17.3 Å². The molecule has 0 bridgehead atoms. The van der Waals surface area contributed by atoms with Crippen molar-refractivity contribution in [3.05, 3.63) is 75.9 Å². The Kier molecular flexibility index (Phi) is 6.80. The molecule has 1 heterocycles. The Labute approximate surface area is 182 Å². The highest BCUT2D eigenvalue weighted by atomic mass is 16.4. The fourth-order valence-corrected chi connectivity index (χ4v) is 4.72. The number of aryl methyl sites for hydroxylation is 3. The predicted octanol–water partition coefficient (Wildman–Crippen LogP) is 6.62. The molecule has 0 aliphatic heterocycles. The van der Waals surface area contributed by atoms with Gasteiger partial charge in [0.05, 0.1) is 5.92 Å². The fourth-order valence-electron chi connectivity index (χ4n) is 4.72. The zero-order chi connectivity index (χ0) is 21.6. The normalized spacial score (nSPS) is 15.0. The number of hydrogen-bond donors (Lipinski definition) is 1. The molecule has 162 valence electrons. The van der Waals surface area contributed by atoms with Crippen LogP contribution in [0.1, 0.15) is 67.0 Å². The lowest BCUT2D eigenvalue weighted by Gasteiger charge is -2.16. The van der Waals surface area contributed by atoms with Crippen LogP contribution in [0.15, 0.2) is 58.1 Å². The molecular formula is C26H29NO4. The molecule has 1 aliphatic carbocycles. The number of hydrogen-bond acceptors (Lipinski definition) is 4. The number of nitrogens with zero attached hydrogens (tertiary/aromatic N) is 1. The molecule has 2 unspecified atom stereocenters. The molecule has 1 aromatic heterocycles. The third-order valence-corrected chi connectivity index (χ3v) is 6.46. The summed E-state index contributed by atoms with van der Waals surface area (Å²) >= 11 is 0. The molecule has 5 nitrogen and oxygen atoms in total. The highest BCUT2D eigenvalue weighted by Crippen LogP contribution is 2.36. The second-order valence-corrected chi connectivity index (χ2v) is 8.59. The number of fused-ring (bicyclic) bond motifs is 3. The lowest BCUT2D eigenvalue weighted by atomic mass is 9.90. The van der Waals surface area contributed by atoms with Gasteiger partial charge in [0.15, 0.2) is 0 Å². The summed E-state index contributed by atoms with van der Waals surface area (Å²) in [6.45, 7) is 0. The minimum Gasteiger partial charge on any atom is -0.481 e. The van der Waals surface area contributed by atoms with Crippen molar-refractivity contribution in [3.8, 4) is 0 Å². The molecule has 0 spiro atoms. The van der Waals surface area contributed by atoms with Crippen LogP contribution in [0.5, 0.6) is 0 Å². The van der Waals surface area contributed by atoms with E-state index in [0.717, 1.165) is 67.2 Å². The molecule has 3 aromatic rings. The van der Waals surface area contributed by atoms with Gasteiger partial charge in [-0.2, -0.15) is 4.91 Å². The highest BCUT2D eigenvalue weighted by molar-refractivity contribution is 5.83. The summed E-state index contributed by atoms with van der Waals surface area (Å²) in [7, 11) is 0. The van der Waals surface area contributed by atoms with Crippen LogP contribution in [0.2, 0.25) is 0 Å². The minimum atomic E-state index is -0.852. The zero-order valence-corrected chi connectivity index (χ0v) is 17.8. The molecule has 2 atom stereocenters. The maximum absolute atomic E-state index is 11.8. The van der Waals surface area contributed by atoms with Crippen LogP contribution < -0.4 is 0 Å². The minimum absolute atomic E-state index is 0.226. The van der Waals surface area contributed by atoms with Gasteiger partial charge in [-0.05, 0) is 55.7 Å². The van der Waals surface area contributed by atoms with Gasteiger partial charge >= 0.3 is 5.97 Å². The van der Waals surface area contributed by atoms with E-state index in [4.69, 9.17) is 4.42 Å². The molecule has 1 aliphatic rings. The van der Waals surface area contributed by atoms with Gasteiger partial charge in [-0.15, -0.1) is 0 Å². The molecule has 0 radical (unpaired) electrons. The monoisotopic (exact) mass is 419 g/mol. The average molecular weight is 420 g/mol. The average Bonchev–Trinajstić information content (AvgIpc) is 3.37. The second kappa shape index (κ2) is 9.90. The number of furan rings is 1. The van der Waals surface area contributed by atoms with E-state index < -0.39 is 17.9 Å². The van der Waals surface area contributed by atoms with Crippen LogP contribution in [0.4, 0.5) is 0 Å². The maximum atomic E-state index is 11.8. The third kappa shape index (κ3) is 5.04. The largest absolute Gasteiger partial charge is 0.481 e. The van der Waals surface area contributed by atoms with Crippen molar-refractivity contribution >= 4 is 16.9 Å². The van der Waals surface area contributed by atoms with E-state index in [1.54, 1.807) is 0 Å². The first-order valence-electron chi connectivity index (χ1n) is 11.3. The lowest BCUT2D eigenvalue weighted by molar-refractivity contribution is -0.142. The van der Waals surface area contributed by atoms with E-state index in [1.807, 2.05) is 36.4 Å². The van der Waals surface area contributed by atoms with Crippen molar-refractivity contribution < 1.29 is 14.3 Å². The quantitative estimate of drug-likeness (QED) is 0.280. The number of nitroso groups, excluding NO2 is 1. The Morgan fingerprint density at radius 3 is 2.68 bits per heavy atom. The van der Waals surface area contributed by atoms with Crippen LogP contribution in [-0.2, 0) is 24.1 Å². The number of carbonyl (C=O) groups is 1. The summed E-state index contributed by atoms with van der Waals surface area (Å²) in [5.41, 5.74) is 4.10. The van der Waals surface area contributed by atoms with E-state index in [0.29, 0.717) is 6.42 Å². The van der Waals surface area contributed by atoms with Gasteiger partial charge in [0.25, 0.3) is 0 Å². The highest BCUT2D eigenvalue weighted by Gasteiger charge is 2.26. The molecule has 1 N–H and O–H groups in total. The van der Waals surface area contributed by atoms with Crippen LogP contribution in [0, 0.1) is 10.8 Å². The summed E-state index contributed by atoms with van der Waals surface area (Å²) in [6, 6.07) is 15.4. The van der Waals surface area contributed by atoms with Crippen molar-refractivity contribution in [2.75, 3.05) is 0 Å². The Morgan fingerprint density at radius 1 is 1.06 bits per heavy atom. The van der Waals surface area contributed by atoms with E-state index in [9.17, 15) is 14.8 Å². The first-order valence-corrected chi connectivity index (χ1v) is 11.3. The molecule has 0 saturated heterocycles. The van der Waals surface area contributed by atoms with E-state index >= 15 is 0 Å². The number of unbranched alkanes of at least 4 members (excludes halogenated alkanes) is 2. The van der Waals surface area contributed by atoms with E-state index in [1.165, 1.54) is 11.1 Å². The fraction of sp³-hybridized carbons (Fsp3) is 0.423. The Morgan fingerprint density at radius 2 is 1.90 bits per heavy atom. The summed E-state index contributed by atoms with van der Waals surface area (Å²) < 4.78 is 5.97. The summed E-state index contributed by atoms with van der Waals surface area (Å²) in [5, 5.41) is 14.1. The van der Waals surface area contributed by atoms with Crippen LogP contribution in [0.25, 0.3) is 11.0 Å². The van der Waals surface area contributed by atoms with Crippen LogP contribution in [-0.4, -0.2) is 11.1 Å². The smallest absolute Gasteiger partial charge is 0.306 e. The van der Waals surface area contributed by atoms with Gasteiger partial charge in [-0.3, -0.25) is 4.79 Å². The van der Waals surface area contributed by atoms with Gasteiger partial charge in [-0.25, -0.2) is 0 Å². The van der Waals surface area contributed by atoms with Crippen molar-refractivity contribution in [1.82, 2.24) is 0 Å². The second-order valence-electron chi connectivity index (χ2n) is 8.59. The maximum Gasteiger partial charge on any atom is 0.306 e. The standard InChI is InChI=1S/C26H29NO4/c28-26(29)20(11-6-2-5-10-18-8-3-1-4-9-18)16-23(27-30)19-14-15-22-21-12-7-13-24(21)31-25(22)17-19/h1,3-4,8-9,14-15,17,20,23H,2,5-7,10-13,16H2,(H,28,29). The SMILES string of the molecule is O=NC(CC(CCCCCc1ccccc1)C(=O)O)c1ccc2c3c(oc2c1)CCC3. The zero-order valence-electron chi connectivity index (χ0n) is 17.8. The molecular weight excluding hydrogens is 390 g/mol. The molecule has 5 heteroatoms. The van der Waals surface area contributed by atoms with Crippen LogP contribution >= 0.6 is 0 Å². The predicted molar refractivity (Wildman–Crippen MR) is 121 cm³/mol. The van der Waals surface area contributed by atoms with Crippen LogP contribution in [0.3, 0.4) is 0 Å². The Balaban J connectivity index is 1.34. The van der Waals surface area contributed by atoms with Gasteiger partial charge in [0.1, 0.15) is 17.4 Å². The molecule has 0 amide bonds. The lowest BCUT2D eigenvalue weighted by Crippen LogP contribution is -2.16. The number of carboxylic acid groups (broad SMARTS) is 1. The van der Waals surface area contributed by atoms with Crippen molar-refractivity contribution in [2.45, 2.75) is 63.8 Å². The Bertz CT molecular complexity index is 1040. The van der Waals surface area contributed by atoms with Crippen molar-refractivity contribution in [1.29, 1.82) is 0 Å². The number of benzene rings is 2. The summed E-state index contributed by atoms with van der Waals surface area (Å²) in [6.07, 6.45) is 7.74. The number of carboxylic acids is 1. The Hall–Kier alpha value is -2.95. The van der Waals surface area contributed by atoms with Crippen molar-refractivity contribution in [2.24, 2.45) is 11.1 Å². The molecule has 0 saturated carbocycles. The third-order valence-electron chi connectivity index (χ3n) is 6.46. The topological polar surface area (TPSA) is 79.9 Å². The molecule has 4 rings (SSSR count). The molecule has 2 aromatic carbocycles. The summed E-state index contributed by atoms with van der Waals surface area (Å²) in [5.74, 6) is -0.381. The van der Waals surface area contributed by atoms with Crippen molar-refractivity contribution in [3.63, 3.8) is 0 Å². The van der Waals surface area contributed by atoms with E-state index in [-0.39, 0.29) is 6.42 Å². The number of rotatable bonds is 11. The first kappa shape index (κ1) is 21.3. The number of aliphatic carboxylic acids is 1. The van der Waals surface area contributed by atoms with Gasteiger partial charge in [0.2, 0.25) is 0 Å². The van der Waals surface area contributed by atoms with Gasteiger partial charge in [0, 0.05) is 17.4 Å². The van der Waals surface area contributed by atoms with Gasteiger partial charge in [-0.1, -0.05) is 60.5 Å². The first-order chi connectivity index (χ1) is 15.2. The summed E-state index contributed by atoms with van der Waals surface area (Å²) in [4.78, 5) is 23.4.